The van der Waals surface area contributed by atoms with E-state index in [9.17, 15) is 9.59 Å². The predicted octanol–water partition coefficient (Wildman–Crippen LogP) is 6.55. The highest BCUT2D eigenvalue weighted by Crippen LogP contribution is 2.32. The second-order valence-electron chi connectivity index (χ2n) is 11.4. The van der Waals surface area contributed by atoms with Crippen molar-refractivity contribution >= 4 is 35.1 Å². The van der Waals surface area contributed by atoms with E-state index in [0.29, 0.717) is 27.2 Å². The number of carbonyl (C=O) groups is 1. The lowest BCUT2D eigenvalue weighted by molar-refractivity contribution is -0.143. The van der Waals surface area contributed by atoms with E-state index in [1.54, 1.807) is 23.3 Å². The summed E-state index contributed by atoms with van der Waals surface area (Å²) in [4.78, 5) is 34.2. The van der Waals surface area contributed by atoms with E-state index in [2.05, 4.69) is 6.92 Å². The molecule has 5 aromatic rings. The molecule has 0 saturated heterocycles. The van der Waals surface area contributed by atoms with Gasteiger partial charge < -0.3 is 9.47 Å². The molecule has 1 atom stereocenters. The number of hydrogen-bond acceptors (Lipinski definition) is 8. The molecule has 3 heterocycles. The number of allylic oxidation sites excluding steroid dienone is 1. The van der Waals surface area contributed by atoms with E-state index < -0.39 is 12.0 Å². The molecule has 0 bridgehead atoms. The molecule has 1 aliphatic heterocycles. The van der Waals surface area contributed by atoms with Gasteiger partial charge in [-0.2, -0.15) is 5.10 Å². The lowest BCUT2D eigenvalue weighted by Crippen LogP contribution is -2.40. The van der Waals surface area contributed by atoms with E-state index in [-0.39, 0.29) is 11.7 Å². The maximum absolute atomic E-state index is 14.4. The lowest BCUT2D eigenvalue weighted by atomic mass is 9.96. The summed E-state index contributed by atoms with van der Waals surface area (Å²) in [6, 6.07) is 24.9. The molecular formula is C37H36N4O4S2. The van der Waals surface area contributed by atoms with Crippen LogP contribution in [0, 0.1) is 0 Å². The van der Waals surface area contributed by atoms with Crippen LogP contribution in [0.4, 0.5) is 0 Å². The van der Waals surface area contributed by atoms with Gasteiger partial charge in [0.05, 0.1) is 40.2 Å². The fourth-order valence-corrected chi connectivity index (χ4v) is 6.91. The minimum Gasteiger partial charge on any atom is -0.494 e. The highest BCUT2D eigenvalue weighted by Gasteiger charge is 2.34. The molecule has 8 nitrogen and oxygen atoms in total. The second-order valence-corrected chi connectivity index (χ2v) is 13.3. The molecule has 0 N–H and O–H groups in total. The summed E-state index contributed by atoms with van der Waals surface area (Å²) in [5, 5.41) is 4.95. The first kappa shape index (κ1) is 32.3. The summed E-state index contributed by atoms with van der Waals surface area (Å²) in [6.45, 7) is 8.14. The van der Waals surface area contributed by atoms with Crippen molar-refractivity contribution in [1.82, 2.24) is 14.3 Å². The topological polar surface area (TPSA) is 87.7 Å². The van der Waals surface area contributed by atoms with E-state index in [1.165, 1.54) is 11.3 Å². The number of hydrogen-bond donors (Lipinski definition) is 0. The number of thiazole rings is 1. The van der Waals surface area contributed by atoms with Crippen molar-refractivity contribution in [3.8, 4) is 22.7 Å². The average Bonchev–Trinajstić information content (AvgIpc) is 3.63. The summed E-state index contributed by atoms with van der Waals surface area (Å²) in [5.41, 5.74) is 4.75. The minimum atomic E-state index is -0.683. The quantitative estimate of drug-likeness (QED) is 0.124. The second kappa shape index (κ2) is 14.0. The summed E-state index contributed by atoms with van der Waals surface area (Å²) >= 11 is 2.93. The zero-order valence-corrected chi connectivity index (χ0v) is 28.6. The third-order valence-electron chi connectivity index (χ3n) is 7.67. The summed E-state index contributed by atoms with van der Waals surface area (Å²) in [7, 11) is 0. The molecule has 0 fully saturated rings. The molecule has 2 aromatic heterocycles. The van der Waals surface area contributed by atoms with Gasteiger partial charge in [0.1, 0.15) is 11.4 Å². The third kappa shape index (κ3) is 6.75. The fraction of sp³-hybridized carbons (Fsp3) is 0.243. The SMILES string of the molecule is CCCOc1ccc(-c2nn(-c3ccccc3)cc2C=c2sc3n(c2=O)C(c2ccc(SC)cc2)C(C(=O)OC(C)C)=C(C)N=3)cc1. The van der Waals surface area contributed by atoms with Crippen LogP contribution >= 0.6 is 23.1 Å². The van der Waals surface area contributed by atoms with Gasteiger partial charge in [0.2, 0.25) is 0 Å². The molecule has 0 radical (unpaired) electrons. The highest BCUT2D eigenvalue weighted by molar-refractivity contribution is 7.98. The lowest BCUT2D eigenvalue weighted by Gasteiger charge is -2.25. The van der Waals surface area contributed by atoms with Crippen LogP contribution in [0.2, 0.25) is 0 Å². The molecule has 1 unspecified atom stereocenters. The molecule has 0 amide bonds. The molecule has 10 heteroatoms. The molecule has 1 aliphatic rings. The first-order valence-electron chi connectivity index (χ1n) is 15.5. The van der Waals surface area contributed by atoms with E-state index in [0.717, 1.165) is 45.1 Å². The van der Waals surface area contributed by atoms with Crippen molar-refractivity contribution in [1.29, 1.82) is 0 Å². The number of para-hydroxylation sites is 1. The molecule has 0 saturated carbocycles. The van der Waals surface area contributed by atoms with Crippen LogP contribution in [-0.2, 0) is 9.53 Å². The Hall–Kier alpha value is -4.67. The summed E-state index contributed by atoms with van der Waals surface area (Å²) in [6.07, 6.45) is 6.41. The standard InChI is InChI=1S/C37H36N4O4S2/c1-6-20-44-29-16-12-25(13-17-29)33-27(22-40(39-33)28-10-8-7-9-11-28)21-31-35(42)41-34(26-14-18-30(46-5)19-15-26)32(36(43)45-23(2)3)24(4)38-37(41)47-31/h7-19,21-23,34H,6,20H2,1-5H3. The summed E-state index contributed by atoms with van der Waals surface area (Å²) in [5.74, 6) is 0.313. The van der Waals surface area contributed by atoms with Crippen molar-refractivity contribution in [3.05, 3.63) is 127 Å². The number of thioether (sulfide) groups is 1. The van der Waals surface area contributed by atoms with Crippen LogP contribution in [0.3, 0.4) is 0 Å². The van der Waals surface area contributed by atoms with Crippen LogP contribution < -0.4 is 19.6 Å². The van der Waals surface area contributed by atoms with Crippen molar-refractivity contribution in [3.63, 3.8) is 0 Å². The van der Waals surface area contributed by atoms with Gasteiger partial charge in [-0.1, -0.05) is 48.6 Å². The fourth-order valence-electron chi connectivity index (χ4n) is 5.46. The molecule has 47 heavy (non-hydrogen) atoms. The maximum atomic E-state index is 14.4. The number of ether oxygens (including phenoxy) is 2. The van der Waals surface area contributed by atoms with Crippen molar-refractivity contribution in [2.45, 2.75) is 51.2 Å². The number of benzene rings is 3. The molecule has 0 spiro atoms. The van der Waals surface area contributed by atoms with Crippen LogP contribution in [0.15, 0.2) is 111 Å². The van der Waals surface area contributed by atoms with E-state index in [4.69, 9.17) is 19.6 Å². The van der Waals surface area contributed by atoms with Gasteiger partial charge in [-0.25, -0.2) is 14.5 Å². The normalized spacial score (nSPS) is 14.7. The van der Waals surface area contributed by atoms with Gasteiger partial charge in [-0.3, -0.25) is 9.36 Å². The Labute approximate surface area is 281 Å². The Balaban J connectivity index is 1.51. The largest absolute Gasteiger partial charge is 0.494 e. The van der Waals surface area contributed by atoms with Gasteiger partial charge in [-0.15, -0.1) is 11.8 Å². The number of nitrogens with zero attached hydrogens (tertiary/aromatic N) is 4. The average molecular weight is 665 g/mol. The number of rotatable bonds is 10. The molecule has 0 aliphatic carbocycles. The first-order chi connectivity index (χ1) is 22.8. The number of carbonyl (C=O) groups excluding carboxylic acids is 1. The third-order valence-corrected chi connectivity index (χ3v) is 9.39. The predicted molar refractivity (Wildman–Crippen MR) is 188 cm³/mol. The highest BCUT2D eigenvalue weighted by atomic mass is 32.2. The van der Waals surface area contributed by atoms with Crippen molar-refractivity contribution in [2.75, 3.05) is 12.9 Å². The Morgan fingerprint density at radius 3 is 2.43 bits per heavy atom. The number of aromatic nitrogens is 3. The minimum absolute atomic E-state index is 0.239. The smallest absolute Gasteiger partial charge is 0.338 e. The number of esters is 1. The molecule has 6 rings (SSSR count). The van der Waals surface area contributed by atoms with Gasteiger partial charge >= 0.3 is 5.97 Å². The van der Waals surface area contributed by atoms with Gasteiger partial charge in [-0.05, 0) is 93.6 Å². The first-order valence-corrected chi connectivity index (χ1v) is 17.6. The summed E-state index contributed by atoms with van der Waals surface area (Å²) < 4.78 is 15.4. The Bertz CT molecular complexity index is 2110. The van der Waals surface area contributed by atoms with E-state index in [1.807, 2.05) is 116 Å². The van der Waals surface area contributed by atoms with Gasteiger partial charge in [0, 0.05) is 22.2 Å². The Morgan fingerprint density at radius 1 is 1.04 bits per heavy atom. The maximum Gasteiger partial charge on any atom is 0.338 e. The van der Waals surface area contributed by atoms with Gasteiger partial charge in [0.25, 0.3) is 5.56 Å². The van der Waals surface area contributed by atoms with Gasteiger partial charge in [0.15, 0.2) is 4.80 Å². The van der Waals surface area contributed by atoms with E-state index >= 15 is 0 Å². The number of fused-ring (bicyclic) bond motifs is 1. The Kier molecular flexibility index (Phi) is 9.60. The molecular weight excluding hydrogens is 629 g/mol. The monoisotopic (exact) mass is 664 g/mol. The van der Waals surface area contributed by atoms with Crippen molar-refractivity contribution < 1.29 is 14.3 Å². The molecule has 3 aromatic carbocycles. The van der Waals surface area contributed by atoms with Crippen LogP contribution in [0.1, 0.15) is 51.3 Å². The zero-order valence-electron chi connectivity index (χ0n) is 27.0. The van der Waals surface area contributed by atoms with Crippen LogP contribution in [0.25, 0.3) is 23.0 Å². The van der Waals surface area contributed by atoms with Crippen LogP contribution in [-0.4, -0.2) is 39.3 Å². The van der Waals surface area contributed by atoms with Crippen LogP contribution in [0.5, 0.6) is 5.75 Å². The van der Waals surface area contributed by atoms with Crippen molar-refractivity contribution in [2.24, 2.45) is 4.99 Å². The molecule has 240 valence electrons. The Morgan fingerprint density at radius 2 is 1.77 bits per heavy atom. The zero-order chi connectivity index (χ0) is 33.1.